The number of ether oxygens (including phenoxy) is 2. The summed E-state index contributed by atoms with van der Waals surface area (Å²) in [5.41, 5.74) is 1.51. The first-order chi connectivity index (χ1) is 19.4. The molecule has 1 saturated heterocycles. The standard InChI is InChI=1S/C29H25ClN2O6S2/c1-2-37-19(33)12-38-16-5-3-4-13(10-16)20-21-17-11-18(24(21)39-26-25(20)40-29(36)31-26)23-22(17)27(34)32(28(23)35)15-8-6-14(30)7-9-15/h3-10,17-18,20-24H,2,11-12H2,1H3,(H,31,36)/t17-,18-,20+,21-,22+,23+,24-/m1/s1. The number of nitrogens with zero attached hydrogens (tertiary/aromatic N) is 1. The first kappa shape index (κ1) is 25.9. The molecule has 1 aromatic heterocycles. The van der Waals surface area contributed by atoms with Gasteiger partial charge in [0, 0.05) is 21.1 Å². The van der Waals surface area contributed by atoms with Gasteiger partial charge in [0.2, 0.25) is 11.8 Å². The minimum atomic E-state index is -0.443. The molecule has 2 aliphatic carbocycles. The maximum atomic E-state index is 13.8. The number of aromatic amines is 1. The number of anilines is 1. The van der Waals surface area contributed by atoms with E-state index in [4.69, 9.17) is 21.1 Å². The van der Waals surface area contributed by atoms with Crippen LogP contribution in [0.3, 0.4) is 0 Å². The van der Waals surface area contributed by atoms with E-state index in [1.165, 1.54) is 16.2 Å². The molecule has 7 rings (SSSR count). The number of aromatic nitrogens is 1. The van der Waals surface area contributed by atoms with Crippen molar-refractivity contribution in [2.45, 2.75) is 29.5 Å². The second-order valence-corrected chi connectivity index (χ2v) is 13.3. The van der Waals surface area contributed by atoms with Crippen LogP contribution in [0.1, 0.15) is 29.7 Å². The lowest BCUT2D eigenvalue weighted by Crippen LogP contribution is -2.42. The van der Waals surface area contributed by atoms with E-state index in [-0.39, 0.29) is 64.7 Å². The van der Waals surface area contributed by atoms with Gasteiger partial charge >= 0.3 is 10.8 Å². The molecule has 40 heavy (non-hydrogen) atoms. The van der Waals surface area contributed by atoms with Gasteiger partial charge in [-0.25, -0.2) is 4.79 Å². The van der Waals surface area contributed by atoms with Gasteiger partial charge in [-0.2, -0.15) is 0 Å². The van der Waals surface area contributed by atoms with E-state index < -0.39 is 11.9 Å². The Kier molecular flexibility index (Phi) is 6.32. The number of thiazole rings is 1. The average Bonchev–Trinajstić information content (AvgIpc) is 3.67. The molecule has 0 unspecified atom stereocenters. The molecule has 2 aromatic carbocycles. The number of imide groups is 1. The predicted molar refractivity (Wildman–Crippen MR) is 151 cm³/mol. The molecule has 1 N–H and O–H groups in total. The van der Waals surface area contributed by atoms with Crippen molar-refractivity contribution in [3.63, 3.8) is 0 Å². The quantitative estimate of drug-likeness (QED) is 0.324. The molecule has 8 nitrogen and oxygen atoms in total. The third-order valence-corrected chi connectivity index (χ3v) is 11.5. The predicted octanol–water partition coefficient (Wildman–Crippen LogP) is 4.71. The van der Waals surface area contributed by atoms with E-state index in [1.807, 2.05) is 18.2 Å². The highest BCUT2D eigenvalue weighted by Crippen LogP contribution is 2.68. The largest absolute Gasteiger partial charge is 0.482 e. The number of benzene rings is 2. The topological polar surface area (TPSA) is 106 Å². The molecule has 11 heteroatoms. The van der Waals surface area contributed by atoms with Gasteiger partial charge in [-0.15, -0.1) is 11.8 Å². The summed E-state index contributed by atoms with van der Waals surface area (Å²) in [7, 11) is 0. The fourth-order valence-corrected chi connectivity index (χ4v) is 10.4. The smallest absolute Gasteiger partial charge is 0.344 e. The highest BCUT2D eigenvalue weighted by atomic mass is 35.5. The summed E-state index contributed by atoms with van der Waals surface area (Å²) in [5.74, 6) is -0.995. The third-order valence-electron chi connectivity index (χ3n) is 8.69. The van der Waals surface area contributed by atoms with E-state index in [0.29, 0.717) is 16.5 Å². The fourth-order valence-electron chi connectivity index (χ4n) is 7.38. The number of nitrogens with one attached hydrogen (secondary N) is 1. The van der Waals surface area contributed by atoms with E-state index in [2.05, 4.69) is 4.98 Å². The number of H-pyrrole nitrogens is 1. The van der Waals surface area contributed by atoms with Crippen molar-refractivity contribution < 1.29 is 23.9 Å². The van der Waals surface area contributed by atoms with Crippen molar-refractivity contribution in [2.24, 2.45) is 29.6 Å². The molecule has 2 saturated carbocycles. The monoisotopic (exact) mass is 596 g/mol. The van der Waals surface area contributed by atoms with Crippen LogP contribution in [0.5, 0.6) is 5.75 Å². The summed E-state index contributed by atoms with van der Waals surface area (Å²) in [6.07, 6.45) is 0.804. The number of rotatable bonds is 6. The summed E-state index contributed by atoms with van der Waals surface area (Å²) in [6, 6.07) is 14.4. The number of carbonyl (C=O) groups is 3. The molecule has 7 atom stereocenters. The minimum Gasteiger partial charge on any atom is -0.482 e. The summed E-state index contributed by atoms with van der Waals surface area (Å²) in [5, 5.41) is 1.47. The van der Waals surface area contributed by atoms with Gasteiger partial charge < -0.3 is 14.5 Å². The maximum absolute atomic E-state index is 13.8. The van der Waals surface area contributed by atoms with Crippen molar-refractivity contribution >= 4 is 58.2 Å². The van der Waals surface area contributed by atoms with Gasteiger partial charge in [0.1, 0.15) is 5.75 Å². The van der Waals surface area contributed by atoms with Crippen molar-refractivity contribution in [1.82, 2.24) is 4.98 Å². The number of esters is 1. The Morgan fingerprint density at radius 3 is 2.58 bits per heavy atom. The lowest BCUT2D eigenvalue weighted by atomic mass is 9.68. The second kappa shape index (κ2) is 9.78. The first-order valence-corrected chi connectivity index (χ1v) is 15.3. The van der Waals surface area contributed by atoms with Crippen LogP contribution < -0.4 is 14.5 Å². The Morgan fingerprint density at radius 2 is 1.82 bits per heavy atom. The zero-order valence-electron chi connectivity index (χ0n) is 21.4. The Balaban J connectivity index is 1.25. The number of thioether (sulfide) groups is 1. The number of fused-ring (bicyclic) bond motifs is 9. The van der Waals surface area contributed by atoms with Gasteiger partial charge in [0.05, 0.1) is 29.2 Å². The molecule has 3 aromatic rings. The molecular weight excluding hydrogens is 572 g/mol. The average molecular weight is 597 g/mol. The van der Waals surface area contributed by atoms with Crippen molar-refractivity contribution in [1.29, 1.82) is 0 Å². The molecular formula is C29H25ClN2O6S2. The number of hydrogen-bond acceptors (Lipinski definition) is 8. The highest BCUT2D eigenvalue weighted by Gasteiger charge is 2.69. The number of carbonyl (C=O) groups excluding carboxylic acids is 3. The van der Waals surface area contributed by atoms with Crippen molar-refractivity contribution in [2.75, 3.05) is 18.1 Å². The summed E-state index contributed by atoms with van der Waals surface area (Å²) in [6.45, 7) is 1.83. The zero-order chi connectivity index (χ0) is 27.7. The van der Waals surface area contributed by atoms with E-state index in [9.17, 15) is 19.2 Å². The fraction of sp³-hybridized carbons (Fsp3) is 0.379. The van der Waals surface area contributed by atoms with Crippen LogP contribution in [0.2, 0.25) is 5.02 Å². The Bertz CT molecular complexity index is 1590. The van der Waals surface area contributed by atoms with E-state index in [1.54, 1.807) is 49.0 Å². The van der Waals surface area contributed by atoms with Crippen LogP contribution in [-0.4, -0.2) is 41.2 Å². The molecule has 3 heterocycles. The van der Waals surface area contributed by atoms with Crippen LogP contribution in [-0.2, 0) is 19.1 Å². The SMILES string of the molecule is CCOC(=O)COc1cccc([C@@H]2c3sc(=O)[nH]c3S[C@@H]3[C@@H]4C[C@@H]([C@@H]5C(=O)N(c6ccc(Cl)cc6)C(=O)[C@@H]45)[C@H]23)c1. The van der Waals surface area contributed by atoms with Crippen molar-refractivity contribution in [3.8, 4) is 5.75 Å². The van der Waals surface area contributed by atoms with Gasteiger partial charge in [0.25, 0.3) is 0 Å². The summed E-state index contributed by atoms with van der Waals surface area (Å²) in [4.78, 5) is 57.1. The number of hydrogen-bond donors (Lipinski definition) is 1. The first-order valence-electron chi connectivity index (χ1n) is 13.3. The van der Waals surface area contributed by atoms with Crippen LogP contribution in [0.15, 0.2) is 58.4 Å². The number of halogens is 1. The number of amides is 2. The normalized spacial score (nSPS) is 29.8. The molecule has 4 aliphatic rings. The minimum absolute atomic E-state index is 0.000656. The molecule has 206 valence electrons. The molecule has 0 spiro atoms. The summed E-state index contributed by atoms with van der Waals surface area (Å²) >= 11 is 8.91. The van der Waals surface area contributed by atoms with E-state index >= 15 is 0 Å². The maximum Gasteiger partial charge on any atom is 0.344 e. The lowest BCUT2D eigenvalue weighted by Gasteiger charge is -2.43. The molecule has 2 aliphatic heterocycles. The Morgan fingerprint density at radius 1 is 1.07 bits per heavy atom. The van der Waals surface area contributed by atoms with Crippen LogP contribution in [0.25, 0.3) is 0 Å². The molecule has 2 bridgehead atoms. The van der Waals surface area contributed by atoms with E-state index in [0.717, 1.165) is 21.9 Å². The van der Waals surface area contributed by atoms with Crippen LogP contribution in [0, 0.1) is 29.6 Å². The van der Waals surface area contributed by atoms with Gasteiger partial charge in [-0.05, 0) is 73.1 Å². The summed E-state index contributed by atoms with van der Waals surface area (Å²) < 4.78 is 10.7. The van der Waals surface area contributed by atoms with Crippen molar-refractivity contribution in [3.05, 3.63) is 73.7 Å². The third kappa shape index (κ3) is 3.94. The second-order valence-electron chi connectivity index (χ2n) is 10.6. The molecule has 3 fully saturated rings. The zero-order valence-corrected chi connectivity index (χ0v) is 23.8. The molecule has 0 radical (unpaired) electrons. The van der Waals surface area contributed by atoms with Crippen LogP contribution in [0.4, 0.5) is 5.69 Å². The van der Waals surface area contributed by atoms with Gasteiger partial charge in [0.15, 0.2) is 6.61 Å². The lowest BCUT2D eigenvalue weighted by molar-refractivity contribution is -0.145. The Hall–Kier alpha value is -3.08. The van der Waals surface area contributed by atoms with Gasteiger partial charge in [-0.3, -0.25) is 19.3 Å². The highest BCUT2D eigenvalue weighted by molar-refractivity contribution is 8.00. The Labute approximate surface area is 243 Å². The molecule has 2 amide bonds. The van der Waals surface area contributed by atoms with Gasteiger partial charge in [-0.1, -0.05) is 35.1 Å². The van der Waals surface area contributed by atoms with Crippen LogP contribution >= 0.6 is 34.7 Å².